The Bertz CT molecular complexity index is 436. The van der Waals surface area contributed by atoms with E-state index in [2.05, 4.69) is 11.4 Å². The van der Waals surface area contributed by atoms with Gasteiger partial charge in [-0.3, -0.25) is 4.79 Å². The van der Waals surface area contributed by atoms with Gasteiger partial charge in [0, 0.05) is 0 Å². The van der Waals surface area contributed by atoms with Crippen LogP contribution in [0.4, 0.5) is 0 Å². The third kappa shape index (κ3) is 1.81. The normalized spacial score (nSPS) is 18.0. The smallest absolute Gasteiger partial charge is 0.256 e. The average molecular weight is 218 g/mol. The zero-order chi connectivity index (χ0) is 11.6. The molecule has 4 heteroatoms. The standard InChI is InChI=1S/C12H14N2O2/c1-9-10(4-7-16-9)11(15)14-12(8-13)5-2-3-6-12/h4,7H,2-3,5-6H2,1H3,(H,14,15). The molecule has 84 valence electrons. The van der Waals surface area contributed by atoms with Crippen LogP contribution in [-0.2, 0) is 0 Å². The predicted molar refractivity (Wildman–Crippen MR) is 57.7 cm³/mol. The summed E-state index contributed by atoms with van der Waals surface area (Å²) in [4.78, 5) is 11.9. The summed E-state index contributed by atoms with van der Waals surface area (Å²) in [6.45, 7) is 1.74. The molecule has 0 aliphatic heterocycles. The van der Waals surface area contributed by atoms with E-state index in [0.717, 1.165) is 25.7 Å². The number of amides is 1. The minimum atomic E-state index is -0.666. The summed E-state index contributed by atoms with van der Waals surface area (Å²) in [5.74, 6) is 0.373. The molecule has 0 aromatic carbocycles. The monoisotopic (exact) mass is 218 g/mol. The molecule has 1 aliphatic rings. The van der Waals surface area contributed by atoms with Crippen molar-refractivity contribution in [3.63, 3.8) is 0 Å². The third-order valence-corrected chi connectivity index (χ3v) is 3.13. The molecule has 0 unspecified atom stereocenters. The Kier molecular flexibility index (Phi) is 2.69. The van der Waals surface area contributed by atoms with Gasteiger partial charge in [0.05, 0.1) is 17.9 Å². The second kappa shape index (κ2) is 4.01. The molecule has 0 bridgehead atoms. The fourth-order valence-corrected chi connectivity index (χ4v) is 2.15. The number of carbonyl (C=O) groups excluding carboxylic acids is 1. The quantitative estimate of drug-likeness (QED) is 0.827. The first-order chi connectivity index (χ1) is 7.67. The van der Waals surface area contributed by atoms with Gasteiger partial charge in [0.25, 0.3) is 5.91 Å². The molecular formula is C12H14N2O2. The largest absolute Gasteiger partial charge is 0.469 e. The molecule has 0 radical (unpaired) electrons. The fraction of sp³-hybridized carbons (Fsp3) is 0.500. The Labute approximate surface area is 94.2 Å². The van der Waals surface area contributed by atoms with E-state index < -0.39 is 5.54 Å². The molecule has 1 saturated carbocycles. The van der Waals surface area contributed by atoms with Crippen molar-refractivity contribution in [2.45, 2.75) is 38.1 Å². The third-order valence-electron chi connectivity index (χ3n) is 3.13. The zero-order valence-corrected chi connectivity index (χ0v) is 9.25. The molecule has 1 fully saturated rings. The van der Waals surface area contributed by atoms with Gasteiger partial charge in [-0.25, -0.2) is 0 Å². The lowest BCUT2D eigenvalue weighted by molar-refractivity contribution is 0.0919. The van der Waals surface area contributed by atoms with Crippen molar-refractivity contribution in [3.05, 3.63) is 23.7 Å². The maximum absolute atomic E-state index is 11.9. The van der Waals surface area contributed by atoms with Crippen molar-refractivity contribution in [1.82, 2.24) is 5.32 Å². The minimum Gasteiger partial charge on any atom is -0.469 e. The Hall–Kier alpha value is -1.76. The van der Waals surface area contributed by atoms with Gasteiger partial charge in [-0.05, 0) is 38.7 Å². The molecule has 1 N–H and O–H groups in total. The molecule has 0 saturated heterocycles. The van der Waals surface area contributed by atoms with E-state index in [1.165, 1.54) is 6.26 Å². The first kappa shape index (κ1) is 10.7. The van der Waals surface area contributed by atoms with Crippen molar-refractivity contribution in [2.75, 3.05) is 0 Å². The summed E-state index contributed by atoms with van der Waals surface area (Å²) in [7, 11) is 0. The molecule has 0 atom stereocenters. The van der Waals surface area contributed by atoms with Gasteiger partial charge in [0.15, 0.2) is 0 Å². The van der Waals surface area contributed by atoms with Crippen LogP contribution in [0.2, 0.25) is 0 Å². The first-order valence-corrected chi connectivity index (χ1v) is 5.45. The van der Waals surface area contributed by atoms with E-state index in [4.69, 9.17) is 9.68 Å². The number of nitrogens with zero attached hydrogens (tertiary/aromatic N) is 1. The number of nitriles is 1. The summed E-state index contributed by atoms with van der Waals surface area (Å²) in [5, 5.41) is 12.0. The molecule has 16 heavy (non-hydrogen) atoms. The number of hydrogen-bond acceptors (Lipinski definition) is 3. The van der Waals surface area contributed by atoms with Gasteiger partial charge in [0.1, 0.15) is 11.3 Å². The number of furan rings is 1. The van der Waals surface area contributed by atoms with Gasteiger partial charge in [-0.1, -0.05) is 0 Å². The van der Waals surface area contributed by atoms with Crippen LogP contribution in [0.15, 0.2) is 16.7 Å². The molecule has 4 nitrogen and oxygen atoms in total. The van der Waals surface area contributed by atoms with Gasteiger partial charge in [-0.15, -0.1) is 0 Å². The van der Waals surface area contributed by atoms with Crippen LogP contribution in [-0.4, -0.2) is 11.4 Å². The summed E-state index contributed by atoms with van der Waals surface area (Å²) < 4.78 is 5.07. The molecule has 1 aromatic heterocycles. The highest BCUT2D eigenvalue weighted by atomic mass is 16.3. The molecule has 0 spiro atoms. The van der Waals surface area contributed by atoms with Crippen molar-refractivity contribution in [2.24, 2.45) is 0 Å². The first-order valence-electron chi connectivity index (χ1n) is 5.45. The second-order valence-electron chi connectivity index (χ2n) is 4.25. The highest BCUT2D eigenvalue weighted by Gasteiger charge is 2.36. The van der Waals surface area contributed by atoms with Gasteiger partial charge in [0.2, 0.25) is 0 Å². The topological polar surface area (TPSA) is 66.0 Å². The molecular weight excluding hydrogens is 204 g/mol. The minimum absolute atomic E-state index is 0.213. The van der Waals surface area contributed by atoms with Crippen LogP contribution in [0.5, 0.6) is 0 Å². The Morgan fingerprint density at radius 2 is 2.25 bits per heavy atom. The maximum atomic E-state index is 11.9. The summed E-state index contributed by atoms with van der Waals surface area (Å²) in [6, 6.07) is 3.86. The zero-order valence-electron chi connectivity index (χ0n) is 9.25. The van der Waals surface area contributed by atoms with Crippen LogP contribution < -0.4 is 5.32 Å². The average Bonchev–Trinajstić information content (AvgIpc) is 2.87. The molecule has 1 heterocycles. The van der Waals surface area contributed by atoms with E-state index in [-0.39, 0.29) is 5.91 Å². The molecule has 1 aliphatic carbocycles. The van der Waals surface area contributed by atoms with E-state index in [0.29, 0.717) is 11.3 Å². The Morgan fingerprint density at radius 1 is 1.56 bits per heavy atom. The number of nitrogens with one attached hydrogen (secondary N) is 1. The van der Waals surface area contributed by atoms with Gasteiger partial charge < -0.3 is 9.73 Å². The fourth-order valence-electron chi connectivity index (χ4n) is 2.15. The Balaban J connectivity index is 2.13. The van der Waals surface area contributed by atoms with Crippen molar-refractivity contribution < 1.29 is 9.21 Å². The lowest BCUT2D eigenvalue weighted by atomic mass is 9.99. The van der Waals surface area contributed by atoms with Crippen molar-refractivity contribution in [1.29, 1.82) is 5.26 Å². The van der Waals surface area contributed by atoms with Gasteiger partial charge in [-0.2, -0.15) is 5.26 Å². The van der Waals surface area contributed by atoms with Crippen LogP contribution in [0.3, 0.4) is 0 Å². The SMILES string of the molecule is Cc1occc1C(=O)NC1(C#N)CCCC1. The summed E-state index contributed by atoms with van der Waals surface area (Å²) >= 11 is 0. The number of aryl methyl sites for hydroxylation is 1. The second-order valence-corrected chi connectivity index (χ2v) is 4.25. The predicted octanol–water partition coefficient (Wildman–Crippen LogP) is 2.15. The number of hydrogen-bond donors (Lipinski definition) is 1. The van der Waals surface area contributed by atoms with Crippen LogP contribution in [0.25, 0.3) is 0 Å². The highest BCUT2D eigenvalue weighted by Crippen LogP contribution is 2.29. The number of rotatable bonds is 2. The van der Waals surface area contributed by atoms with Crippen LogP contribution in [0.1, 0.15) is 41.8 Å². The van der Waals surface area contributed by atoms with Gasteiger partial charge >= 0.3 is 0 Å². The highest BCUT2D eigenvalue weighted by molar-refractivity contribution is 5.95. The van der Waals surface area contributed by atoms with E-state index in [1.54, 1.807) is 13.0 Å². The van der Waals surface area contributed by atoms with E-state index in [9.17, 15) is 4.79 Å². The van der Waals surface area contributed by atoms with E-state index >= 15 is 0 Å². The summed E-state index contributed by atoms with van der Waals surface area (Å²) in [5.41, 5.74) is -0.151. The Morgan fingerprint density at radius 3 is 2.75 bits per heavy atom. The van der Waals surface area contributed by atoms with E-state index in [1.807, 2.05) is 0 Å². The molecule has 1 aromatic rings. The van der Waals surface area contributed by atoms with Crippen molar-refractivity contribution >= 4 is 5.91 Å². The summed E-state index contributed by atoms with van der Waals surface area (Å²) in [6.07, 6.45) is 4.96. The lowest BCUT2D eigenvalue weighted by Crippen LogP contribution is -2.45. The maximum Gasteiger partial charge on any atom is 0.256 e. The van der Waals surface area contributed by atoms with Crippen molar-refractivity contribution in [3.8, 4) is 6.07 Å². The number of carbonyl (C=O) groups is 1. The van der Waals surface area contributed by atoms with Crippen LogP contribution in [0, 0.1) is 18.3 Å². The molecule has 1 amide bonds. The lowest BCUT2D eigenvalue weighted by Gasteiger charge is -2.21. The van der Waals surface area contributed by atoms with Crippen LogP contribution >= 0.6 is 0 Å². The molecule has 2 rings (SSSR count).